The number of nitrogens with zero attached hydrogens (tertiary/aromatic N) is 4. The van der Waals surface area contributed by atoms with Crippen molar-refractivity contribution in [2.45, 2.75) is 62.8 Å². The quantitative estimate of drug-likeness (QED) is 0.430. The summed E-state index contributed by atoms with van der Waals surface area (Å²) in [7, 11) is 0. The van der Waals surface area contributed by atoms with Crippen LogP contribution in [0.2, 0.25) is 5.02 Å². The number of rotatable bonds is 8. The molecule has 2 saturated heterocycles. The van der Waals surface area contributed by atoms with Crippen LogP contribution in [0.5, 0.6) is 0 Å². The van der Waals surface area contributed by atoms with E-state index in [1.807, 2.05) is 18.2 Å². The van der Waals surface area contributed by atoms with Crippen molar-refractivity contribution in [1.82, 2.24) is 20.1 Å². The summed E-state index contributed by atoms with van der Waals surface area (Å²) in [6.07, 6.45) is 4.56. The molecule has 38 heavy (non-hydrogen) atoms. The summed E-state index contributed by atoms with van der Waals surface area (Å²) in [6, 6.07) is 14.7. The second kappa shape index (κ2) is 14.4. The number of benzene rings is 1. The molecule has 2 aliphatic rings. The predicted octanol–water partition coefficient (Wildman–Crippen LogP) is 1.97. The molecule has 1 aromatic heterocycles. The lowest BCUT2D eigenvalue weighted by molar-refractivity contribution is -0.142. The van der Waals surface area contributed by atoms with E-state index < -0.39 is 6.04 Å². The first-order chi connectivity index (χ1) is 18.4. The van der Waals surface area contributed by atoms with E-state index in [2.05, 4.69) is 33.4 Å². The molecule has 3 heterocycles. The average molecular weight is 541 g/mol. The number of amides is 2. The van der Waals surface area contributed by atoms with E-state index in [-0.39, 0.29) is 49.4 Å². The van der Waals surface area contributed by atoms with Gasteiger partial charge in [0, 0.05) is 31.4 Å². The van der Waals surface area contributed by atoms with Crippen LogP contribution in [0, 0.1) is 11.3 Å². The van der Waals surface area contributed by atoms with Crippen LogP contribution in [0.15, 0.2) is 48.7 Å². The molecular formula is C27H33ClN6O4. The van der Waals surface area contributed by atoms with Gasteiger partial charge in [0.25, 0.3) is 6.47 Å². The van der Waals surface area contributed by atoms with Crippen LogP contribution in [0.4, 0.5) is 0 Å². The van der Waals surface area contributed by atoms with E-state index in [1.165, 1.54) is 11.8 Å². The van der Waals surface area contributed by atoms with Gasteiger partial charge in [-0.05, 0) is 43.4 Å². The van der Waals surface area contributed by atoms with Crippen LogP contribution >= 0.6 is 11.6 Å². The number of aromatic nitrogens is 1. The van der Waals surface area contributed by atoms with Gasteiger partial charge in [0.05, 0.1) is 35.8 Å². The van der Waals surface area contributed by atoms with Crippen molar-refractivity contribution in [3.63, 3.8) is 0 Å². The van der Waals surface area contributed by atoms with E-state index in [0.29, 0.717) is 30.2 Å². The minimum atomic E-state index is -0.855. The number of nitrogens with two attached hydrogens (primary N) is 1. The van der Waals surface area contributed by atoms with Crippen LogP contribution in [0.1, 0.15) is 36.9 Å². The second-order valence-corrected chi connectivity index (χ2v) is 9.81. The summed E-state index contributed by atoms with van der Waals surface area (Å²) in [6.45, 7) is 1.04. The predicted molar refractivity (Wildman–Crippen MR) is 142 cm³/mol. The van der Waals surface area contributed by atoms with E-state index in [0.717, 1.165) is 19.3 Å². The highest BCUT2D eigenvalue weighted by molar-refractivity contribution is 6.30. The first-order valence-electron chi connectivity index (χ1n) is 12.6. The normalized spacial score (nSPS) is 21.8. The monoisotopic (exact) mass is 540 g/mol. The van der Waals surface area contributed by atoms with Crippen molar-refractivity contribution in [1.29, 1.82) is 5.26 Å². The molecule has 10 nitrogen and oxygen atoms in total. The Morgan fingerprint density at radius 3 is 2.71 bits per heavy atom. The molecule has 1 unspecified atom stereocenters. The van der Waals surface area contributed by atoms with Gasteiger partial charge < -0.3 is 21.1 Å². The Kier molecular flexibility index (Phi) is 11.0. The lowest BCUT2D eigenvalue weighted by Gasteiger charge is -2.31. The molecule has 0 bridgehead atoms. The van der Waals surface area contributed by atoms with Crippen molar-refractivity contribution >= 4 is 29.9 Å². The zero-order valence-corrected chi connectivity index (χ0v) is 21.8. The SMILES string of the molecule is N#CC[C@H](C(=O)NCc1ccc(Cl)cn1)N1CCC(CCc2ccccc2)N2C[C@H](N)C[C@H]2C1=O.O=CO. The Balaban J connectivity index is 0.00000127. The number of aryl methyl sites for hydroxylation is 1. The number of carbonyl (C=O) groups excluding carboxylic acids is 2. The summed E-state index contributed by atoms with van der Waals surface area (Å²) in [4.78, 5) is 43.2. The van der Waals surface area contributed by atoms with Crippen molar-refractivity contribution in [2.24, 2.45) is 5.73 Å². The minimum Gasteiger partial charge on any atom is -0.483 e. The molecule has 4 rings (SSSR count). The zero-order chi connectivity index (χ0) is 27.5. The van der Waals surface area contributed by atoms with Gasteiger partial charge in [-0.3, -0.25) is 24.3 Å². The summed E-state index contributed by atoms with van der Waals surface area (Å²) >= 11 is 5.88. The molecule has 11 heteroatoms. The van der Waals surface area contributed by atoms with E-state index in [9.17, 15) is 14.9 Å². The first-order valence-corrected chi connectivity index (χ1v) is 12.9. The fourth-order valence-electron chi connectivity index (χ4n) is 5.13. The largest absolute Gasteiger partial charge is 0.483 e. The number of nitrogens with one attached hydrogen (secondary N) is 1. The standard InChI is InChI=1S/C26H31ClN6O2.CH2O2/c27-19-7-8-21(30-15-19)16-31-25(34)23(10-12-28)32-13-11-22(9-6-18-4-2-1-3-5-18)33-17-20(29)14-24(33)26(32)35;2-1-3/h1-5,7-8,15,20,22-24H,6,9-11,13-14,16-17,29H2,(H,31,34);1H,(H,2,3)/t20-,22?,23-,24+;/m1./s1. The average Bonchev–Trinajstić information content (AvgIpc) is 3.26. The first kappa shape index (κ1) is 29.0. The summed E-state index contributed by atoms with van der Waals surface area (Å²) in [5.41, 5.74) is 8.19. The van der Waals surface area contributed by atoms with E-state index in [4.69, 9.17) is 27.2 Å². The van der Waals surface area contributed by atoms with Crippen LogP contribution < -0.4 is 11.1 Å². The highest BCUT2D eigenvalue weighted by Crippen LogP contribution is 2.30. The Bertz CT molecular complexity index is 1110. The molecule has 1 aromatic carbocycles. The topological polar surface area (TPSA) is 153 Å². The Morgan fingerprint density at radius 2 is 2.05 bits per heavy atom. The van der Waals surface area contributed by atoms with Crippen molar-refractivity contribution in [2.75, 3.05) is 13.1 Å². The van der Waals surface area contributed by atoms with Gasteiger partial charge in [0.15, 0.2) is 0 Å². The number of hydrogen-bond acceptors (Lipinski definition) is 7. The summed E-state index contributed by atoms with van der Waals surface area (Å²) in [5.74, 6) is -0.464. The van der Waals surface area contributed by atoms with Crippen LogP contribution in [-0.4, -0.2) is 75.4 Å². The van der Waals surface area contributed by atoms with Crippen LogP contribution in [0.25, 0.3) is 0 Å². The minimum absolute atomic E-state index is 0.0704. The molecular weight excluding hydrogens is 508 g/mol. The highest BCUT2D eigenvalue weighted by Gasteiger charge is 2.45. The number of carboxylic acid groups (broad SMARTS) is 1. The molecule has 0 aliphatic carbocycles. The smallest absolute Gasteiger partial charge is 0.290 e. The van der Waals surface area contributed by atoms with Gasteiger partial charge in [-0.15, -0.1) is 0 Å². The maximum atomic E-state index is 13.6. The van der Waals surface area contributed by atoms with E-state index >= 15 is 0 Å². The third-order valence-electron chi connectivity index (χ3n) is 6.92. The third-order valence-corrected chi connectivity index (χ3v) is 7.14. The lowest BCUT2D eigenvalue weighted by Crippen LogP contribution is -2.53. The maximum absolute atomic E-state index is 13.6. The lowest BCUT2D eigenvalue weighted by atomic mass is 10.0. The second-order valence-electron chi connectivity index (χ2n) is 9.38. The summed E-state index contributed by atoms with van der Waals surface area (Å²) in [5, 5.41) is 19.7. The molecule has 4 atom stereocenters. The molecule has 2 fully saturated rings. The van der Waals surface area contributed by atoms with E-state index in [1.54, 1.807) is 17.0 Å². The fourth-order valence-corrected chi connectivity index (χ4v) is 5.24. The molecule has 0 saturated carbocycles. The van der Waals surface area contributed by atoms with Gasteiger partial charge >= 0.3 is 0 Å². The van der Waals surface area contributed by atoms with Crippen molar-refractivity contribution < 1.29 is 19.5 Å². The Labute approximate surface area is 227 Å². The number of hydrogen-bond donors (Lipinski definition) is 3. The number of nitriles is 1. The number of fused-ring (bicyclic) bond motifs is 1. The Hall–Kier alpha value is -3.52. The molecule has 2 aromatic rings. The molecule has 0 radical (unpaired) electrons. The van der Waals surface area contributed by atoms with Crippen molar-refractivity contribution in [3.05, 3.63) is 64.9 Å². The Morgan fingerprint density at radius 1 is 1.32 bits per heavy atom. The molecule has 0 spiro atoms. The number of pyridine rings is 1. The molecule has 2 amide bonds. The number of halogens is 1. The fraction of sp³-hybridized carbons (Fsp3) is 0.444. The van der Waals surface area contributed by atoms with Gasteiger partial charge in [-0.2, -0.15) is 5.26 Å². The molecule has 4 N–H and O–H groups in total. The zero-order valence-electron chi connectivity index (χ0n) is 21.1. The van der Waals surface area contributed by atoms with Crippen molar-refractivity contribution in [3.8, 4) is 6.07 Å². The number of carbonyl (C=O) groups is 3. The van der Waals surface area contributed by atoms with Gasteiger partial charge in [0.1, 0.15) is 6.04 Å². The molecule has 2 aliphatic heterocycles. The van der Waals surface area contributed by atoms with Gasteiger partial charge in [-0.25, -0.2) is 0 Å². The van der Waals surface area contributed by atoms with Gasteiger partial charge in [-0.1, -0.05) is 41.9 Å². The highest BCUT2D eigenvalue weighted by atomic mass is 35.5. The maximum Gasteiger partial charge on any atom is 0.290 e. The van der Waals surface area contributed by atoms with Crippen LogP contribution in [0.3, 0.4) is 0 Å². The molecule has 202 valence electrons. The third kappa shape index (κ3) is 7.74. The van der Waals surface area contributed by atoms with Gasteiger partial charge in [0.2, 0.25) is 11.8 Å². The van der Waals surface area contributed by atoms with Crippen LogP contribution in [-0.2, 0) is 27.3 Å². The summed E-state index contributed by atoms with van der Waals surface area (Å²) < 4.78 is 0.